The Morgan fingerprint density at radius 1 is 1.26 bits per heavy atom. The number of furan rings is 1. The number of para-hydroxylation sites is 1. The number of carbonyl (C=O) groups excluding carboxylic acids is 1. The zero-order valence-corrected chi connectivity index (χ0v) is 14.8. The molecule has 6 heteroatoms. The van der Waals surface area contributed by atoms with Crippen LogP contribution >= 0.6 is 23.1 Å². The van der Waals surface area contributed by atoms with E-state index in [9.17, 15) is 4.79 Å². The molecule has 0 saturated carbocycles. The van der Waals surface area contributed by atoms with Gasteiger partial charge in [-0.15, -0.1) is 11.3 Å². The van der Waals surface area contributed by atoms with E-state index in [-0.39, 0.29) is 17.2 Å². The van der Waals surface area contributed by atoms with Crippen molar-refractivity contribution in [3.8, 4) is 0 Å². The van der Waals surface area contributed by atoms with Crippen LogP contribution in [0.5, 0.6) is 0 Å². The third kappa shape index (κ3) is 3.76. The Kier molecular flexibility index (Phi) is 4.73. The molecule has 0 spiro atoms. The van der Waals surface area contributed by atoms with Crippen LogP contribution in [0.15, 0.2) is 45.2 Å². The number of aryl methyl sites for hydroxylation is 1. The Morgan fingerprint density at radius 2 is 2.04 bits per heavy atom. The molecule has 4 nitrogen and oxygen atoms in total. The van der Waals surface area contributed by atoms with Crippen LogP contribution in [0.4, 0.5) is 0 Å². The van der Waals surface area contributed by atoms with Gasteiger partial charge in [0.1, 0.15) is 11.5 Å². The summed E-state index contributed by atoms with van der Waals surface area (Å²) in [5.41, 5.74) is 0.979. The summed E-state index contributed by atoms with van der Waals surface area (Å²) in [5.74, 6) is 1.60. The number of fused-ring (bicyclic) bond motifs is 1. The number of hydrogen-bond acceptors (Lipinski definition) is 5. The van der Waals surface area contributed by atoms with Crippen molar-refractivity contribution in [1.29, 1.82) is 0 Å². The van der Waals surface area contributed by atoms with E-state index in [4.69, 9.17) is 4.42 Å². The maximum absolute atomic E-state index is 12.4. The van der Waals surface area contributed by atoms with Crippen molar-refractivity contribution in [2.24, 2.45) is 0 Å². The van der Waals surface area contributed by atoms with Crippen LogP contribution in [-0.4, -0.2) is 16.1 Å². The van der Waals surface area contributed by atoms with E-state index < -0.39 is 0 Å². The topological polar surface area (TPSA) is 55.1 Å². The quantitative estimate of drug-likeness (QED) is 0.688. The van der Waals surface area contributed by atoms with Gasteiger partial charge in [0.15, 0.2) is 4.34 Å². The van der Waals surface area contributed by atoms with Gasteiger partial charge in [0.05, 0.1) is 21.5 Å². The van der Waals surface area contributed by atoms with Gasteiger partial charge in [-0.05, 0) is 45.0 Å². The first-order chi connectivity index (χ1) is 11.0. The lowest BCUT2D eigenvalue weighted by molar-refractivity contribution is -0.121. The van der Waals surface area contributed by atoms with E-state index in [1.165, 1.54) is 11.8 Å². The van der Waals surface area contributed by atoms with Crippen LogP contribution in [0.2, 0.25) is 0 Å². The van der Waals surface area contributed by atoms with Gasteiger partial charge in [0, 0.05) is 0 Å². The summed E-state index contributed by atoms with van der Waals surface area (Å²) in [5, 5.41) is 2.77. The molecular weight excluding hydrogens is 328 g/mol. The number of nitrogens with one attached hydrogen (secondary N) is 1. The van der Waals surface area contributed by atoms with Crippen LogP contribution in [0.1, 0.15) is 31.4 Å². The molecule has 2 atom stereocenters. The third-order valence-corrected chi connectivity index (χ3v) is 5.70. The highest BCUT2D eigenvalue weighted by Gasteiger charge is 2.20. The molecule has 3 rings (SSSR count). The summed E-state index contributed by atoms with van der Waals surface area (Å²) in [6.07, 6.45) is 0. The molecule has 0 bridgehead atoms. The van der Waals surface area contributed by atoms with Gasteiger partial charge in [0.2, 0.25) is 5.91 Å². The summed E-state index contributed by atoms with van der Waals surface area (Å²) < 4.78 is 7.61. The maximum atomic E-state index is 12.4. The van der Waals surface area contributed by atoms with Gasteiger partial charge >= 0.3 is 0 Å². The molecule has 0 aliphatic heterocycles. The average Bonchev–Trinajstić information content (AvgIpc) is 3.12. The second kappa shape index (κ2) is 6.76. The van der Waals surface area contributed by atoms with Gasteiger partial charge < -0.3 is 9.73 Å². The van der Waals surface area contributed by atoms with Gasteiger partial charge in [-0.2, -0.15) is 0 Å². The van der Waals surface area contributed by atoms with E-state index in [2.05, 4.69) is 10.3 Å². The molecule has 2 aromatic heterocycles. The van der Waals surface area contributed by atoms with Gasteiger partial charge in [-0.1, -0.05) is 23.9 Å². The Morgan fingerprint density at radius 3 is 2.74 bits per heavy atom. The van der Waals surface area contributed by atoms with Crippen molar-refractivity contribution in [1.82, 2.24) is 10.3 Å². The van der Waals surface area contributed by atoms with E-state index >= 15 is 0 Å². The highest BCUT2D eigenvalue weighted by molar-refractivity contribution is 8.02. The molecule has 1 aromatic carbocycles. The van der Waals surface area contributed by atoms with E-state index in [1.807, 2.05) is 57.2 Å². The van der Waals surface area contributed by atoms with Crippen LogP contribution in [0.25, 0.3) is 10.2 Å². The molecule has 120 valence electrons. The standard InChI is InChI=1S/C17H18N2O2S2/c1-10-8-9-14(21-10)11(2)18-16(20)12(3)22-17-19-13-6-4-5-7-15(13)23-17/h4-9,11-12H,1-3H3,(H,18,20)/t11-,12-/m0/s1. The minimum Gasteiger partial charge on any atom is -0.464 e. The predicted octanol–water partition coefficient (Wildman–Crippen LogP) is 4.56. The van der Waals surface area contributed by atoms with Crippen molar-refractivity contribution in [2.75, 3.05) is 0 Å². The van der Waals surface area contributed by atoms with Gasteiger partial charge in [-0.3, -0.25) is 4.79 Å². The number of aromatic nitrogens is 1. The second-order valence-corrected chi connectivity index (χ2v) is 8.00. The number of amides is 1. The molecule has 1 N–H and O–H groups in total. The Labute approximate surface area is 143 Å². The van der Waals surface area contributed by atoms with E-state index in [1.54, 1.807) is 11.3 Å². The molecule has 2 heterocycles. The number of nitrogens with zero attached hydrogens (tertiary/aromatic N) is 1. The average molecular weight is 346 g/mol. The molecule has 0 radical (unpaired) electrons. The second-order valence-electron chi connectivity index (χ2n) is 5.39. The van der Waals surface area contributed by atoms with Crippen LogP contribution < -0.4 is 5.32 Å². The first kappa shape index (κ1) is 16.1. The zero-order chi connectivity index (χ0) is 16.4. The number of rotatable bonds is 5. The van der Waals surface area contributed by atoms with Crippen molar-refractivity contribution < 1.29 is 9.21 Å². The fourth-order valence-electron chi connectivity index (χ4n) is 2.19. The monoisotopic (exact) mass is 346 g/mol. The molecule has 1 amide bonds. The van der Waals surface area contributed by atoms with E-state index in [0.717, 1.165) is 26.1 Å². The largest absolute Gasteiger partial charge is 0.464 e. The molecule has 0 aliphatic rings. The summed E-state index contributed by atoms with van der Waals surface area (Å²) in [7, 11) is 0. The number of benzene rings is 1. The maximum Gasteiger partial charge on any atom is 0.233 e. The van der Waals surface area contributed by atoms with Crippen molar-refractivity contribution in [3.63, 3.8) is 0 Å². The number of hydrogen-bond donors (Lipinski definition) is 1. The Hall–Kier alpha value is -1.79. The zero-order valence-electron chi connectivity index (χ0n) is 13.2. The van der Waals surface area contributed by atoms with Gasteiger partial charge in [0.25, 0.3) is 0 Å². The molecule has 23 heavy (non-hydrogen) atoms. The first-order valence-corrected chi connectivity index (χ1v) is 9.11. The number of thiazole rings is 1. The van der Waals surface area contributed by atoms with Crippen LogP contribution in [0.3, 0.4) is 0 Å². The molecule has 3 aromatic rings. The minimum atomic E-state index is -0.214. The van der Waals surface area contributed by atoms with Crippen LogP contribution in [-0.2, 0) is 4.79 Å². The Bertz CT molecular complexity index is 792. The lowest BCUT2D eigenvalue weighted by Gasteiger charge is -2.15. The summed E-state index contributed by atoms with van der Waals surface area (Å²) in [4.78, 5) is 16.9. The molecule has 0 fully saturated rings. The fraction of sp³-hybridized carbons (Fsp3) is 0.294. The van der Waals surface area contributed by atoms with Gasteiger partial charge in [-0.25, -0.2) is 4.98 Å². The summed E-state index contributed by atoms with van der Waals surface area (Å²) >= 11 is 3.10. The lowest BCUT2D eigenvalue weighted by Crippen LogP contribution is -2.32. The molecule has 0 saturated heterocycles. The highest BCUT2D eigenvalue weighted by Crippen LogP contribution is 2.32. The lowest BCUT2D eigenvalue weighted by atomic mass is 10.2. The predicted molar refractivity (Wildman–Crippen MR) is 94.9 cm³/mol. The van der Waals surface area contributed by atoms with Crippen molar-refractivity contribution in [3.05, 3.63) is 47.9 Å². The fourth-order valence-corrected chi connectivity index (χ4v) is 4.41. The highest BCUT2D eigenvalue weighted by atomic mass is 32.2. The molecule has 0 unspecified atom stereocenters. The molecule has 0 aliphatic carbocycles. The summed E-state index contributed by atoms with van der Waals surface area (Å²) in [6.45, 7) is 5.71. The molecular formula is C17H18N2O2S2. The van der Waals surface area contributed by atoms with E-state index in [0.29, 0.717) is 0 Å². The van der Waals surface area contributed by atoms with Crippen molar-refractivity contribution in [2.45, 2.75) is 36.4 Å². The summed E-state index contributed by atoms with van der Waals surface area (Å²) in [6, 6.07) is 11.7. The first-order valence-electron chi connectivity index (χ1n) is 7.42. The number of carbonyl (C=O) groups is 1. The van der Waals surface area contributed by atoms with Crippen molar-refractivity contribution >= 4 is 39.2 Å². The number of thioether (sulfide) groups is 1. The Balaban J connectivity index is 1.63. The smallest absolute Gasteiger partial charge is 0.233 e. The minimum absolute atomic E-state index is 0.0178. The third-order valence-electron chi connectivity index (χ3n) is 3.47. The SMILES string of the molecule is Cc1ccc([C@H](C)NC(=O)[C@H](C)Sc2nc3ccccc3s2)o1. The van der Waals surface area contributed by atoms with Crippen LogP contribution in [0, 0.1) is 6.92 Å². The normalized spacial score (nSPS) is 13.9.